The minimum atomic E-state index is -1.26. The fraction of sp³-hybridized carbons (Fsp3) is 0.512. The molecule has 3 fully saturated rings. The number of aryl methyl sites for hydroxylation is 2. The summed E-state index contributed by atoms with van der Waals surface area (Å²) in [6, 6.07) is 13.7. The lowest BCUT2D eigenvalue weighted by Gasteiger charge is -2.41. The summed E-state index contributed by atoms with van der Waals surface area (Å²) < 4.78 is 23.2. The van der Waals surface area contributed by atoms with E-state index in [1.807, 2.05) is 36.0 Å². The normalized spacial score (nSPS) is 19.2. The van der Waals surface area contributed by atoms with E-state index in [4.69, 9.17) is 15.5 Å². The van der Waals surface area contributed by atoms with Gasteiger partial charge in [0.05, 0.1) is 17.3 Å². The Balaban J connectivity index is 1.25. The van der Waals surface area contributed by atoms with Crippen LogP contribution in [0, 0.1) is 11.2 Å². The number of primary amides is 1. The first kappa shape index (κ1) is 36.9. The van der Waals surface area contributed by atoms with Gasteiger partial charge in [0.2, 0.25) is 11.8 Å². The van der Waals surface area contributed by atoms with Crippen LogP contribution < -0.4 is 16.4 Å². The molecule has 1 aliphatic carbocycles. The van der Waals surface area contributed by atoms with Gasteiger partial charge in [-0.05, 0) is 80.8 Å². The Bertz CT molecular complexity index is 1950. The molecule has 11 nitrogen and oxygen atoms in total. The number of hydrogen-bond donors (Lipinski definition) is 3. The van der Waals surface area contributed by atoms with E-state index in [0.717, 1.165) is 90.1 Å². The molecule has 2 aromatic heterocycles. The molecule has 3 aliphatic rings. The van der Waals surface area contributed by atoms with Gasteiger partial charge in [0, 0.05) is 87.9 Å². The summed E-state index contributed by atoms with van der Waals surface area (Å²) in [5.41, 5.74) is 11.3. The molecule has 0 unspecified atom stereocenters. The predicted molar refractivity (Wildman–Crippen MR) is 204 cm³/mol. The molecule has 1 saturated carbocycles. The second-order valence-electron chi connectivity index (χ2n) is 15.1. The summed E-state index contributed by atoms with van der Waals surface area (Å²) in [6.45, 7) is 12.3. The van der Waals surface area contributed by atoms with Crippen LogP contribution in [-0.4, -0.2) is 81.3 Å². The third-order valence-electron chi connectivity index (χ3n) is 11.4. The Kier molecular flexibility index (Phi) is 11.1. The van der Waals surface area contributed by atoms with Gasteiger partial charge in [-0.15, -0.1) is 0 Å². The molecule has 2 amide bonds. The average Bonchev–Trinajstić information content (AvgIpc) is 3.55. The van der Waals surface area contributed by atoms with Gasteiger partial charge < -0.3 is 26.0 Å². The second kappa shape index (κ2) is 15.9. The van der Waals surface area contributed by atoms with Gasteiger partial charge in [-0.3, -0.25) is 14.5 Å². The van der Waals surface area contributed by atoms with Crippen molar-refractivity contribution in [2.45, 2.75) is 97.6 Å². The monoisotopic (exact) mass is 724 g/mol. The molecule has 7 rings (SSSR count). The van der Waals surface area contributed by atoms with E-state index in [1.54, 1.807) is 11.0 Å². The number of nitrogens with two attached hydrogens (primary N) is 1. The smallest absolute Gasteiger partial charge is 0.238 e. The fourth-order valence-corrected chi connectivity index (χ4v) is 8.23. The minimum absolute atomic E-state index is 0.172. The van der Waals surface area contributed by atoms with Crippen molar-refractivity contribution in [1.82, 2.24) is 29.9 Å². The van der Waals surface area contributed by atoms with Crippen LogP contribution in [0.4, 0.5) is 10.1 Å². The van der Waals surface area contributed by atoms with Crippen LogP contribution in [0.5, 0.6) is 0 Å². The number of piperazine rings is 1. The first-order valence-electron chi connectivity index (χ1n) is 19.3. The van der Waals surface area contributed by atoms with E-state index in [-0.39, 0.29) is 30.9 Å². The number of rotatable bonds is 13. The zero-order chi connectivity index (χ0) is 37.1. The SMILES string of the molecule is CCc1nc2c(cnn2CC)c(NC2CCOCC2)c1CN(Cc1ccc(F)c(-c2cccc(CN3CCN[C@@H](C)C3)c2)c1)C(=O)C1(C(N)=O)CCC1. The van der Waals surface area contributed by atoms with E-state index in [2.05, 4.69) is 46.6 Å². The fourth-order valence-electron chi connectivity index (χ4n) is 8.23. The zero-order valence-corrected chi connectivity index (χ0v) is 31.3. The van der Waals surface area contributed by atoms with Gasteiger partial charge in [0.15, 0.2) is 5.65 Å². The quantitative estimate of drug-likeness (QED) is 0.157. The number of amides is 2. The average molecular weight is 725 g/mol. The van der Waals surface area contributed by atoms with Crippen molar-refractivity contribution in [3.8, 4) is 11.1 Å². The summed E-state index contributed by atoms with van der Waals surface area (Å²) in [5.74, 6) is -1.22. The van der Waals surface area contributed by atoms with Gasteiger partial charge in [-0.1, -0.05) is 37.6 Å². The van der Waals surface area contributed by atoms with E-state index in [0.29, 0.717) is 50.6 Å². The summed E-state index contributed by atoms with van der Waals surface area (Å²) >= 11 is 0. The number of pyridine rings is 1. The Morgan fingerprint density at radius 2 is 1.92 bits per heavy atom. The first-order valence-corrected chi connectivity index (χ1v) is 19.3. The lowest BCUT2D eigenvalue weighted by Crippen LogP contribution is -2.54. The number of nitrogens with one attached hydrogen (secondary N) is 2. The number of carbonyl (C=O) groups is 2. The Labute approximate surface area is 311 Å². The van der Waals surface area contributed by atoms with E-state index in [1.165, 1.54) is 6.07 Å². The Hall–Kier alpha value is -4.39. The number of benzene rings is 2. The van der Waals surface area contributed by atoms with Gasteiger partial charge in [-0.25, -0.2) is 14.1 Å². The van der Waals surface area contributed by atoms with Gasteiger partial charge >= 0.3 is 0 Å². The van der Waals surface area contributed by atoms with Crippen LogP contribution >= 0.6 is 0 Å². The van der Waals surface area contributed by atoms with E-state index < -0.39 is 11.3 Å². The van der Waals surface area contributed by atoms with E-state index in [9.17, 15) is 9.59 Å². The molecule has 0 spiro atoms. The van der Waals surface area contributed by atoms with Crippen LogP contribution in [0.2, 0.25) is 0 Å². The van der Waals surface area contributed by atoms with E-state index >= 15 is 4.39 Å². The highest BCUT2D eigenvalue weighted by molar-refractivity contribution is 6.05. The molecule has 4 heterocycles. The van der Waals surface area contributed by atoms with Crippen molar-refractivity contribution < 1.29 is 18.7 Å². The lowest BCUT2D eigenvalue weighted by atomic mass is 9.67. The molecule has 4 aromatic rings. The second-order valence-corrected chi connectivity index (χ2v) is 15.1. The topological polar surface area (TPSA) is 131 Å². The summed E-state index contributed by atoms with van der Waals surface area (Å²) in [4.78, 5) is 36.9. The number of halogens is 1. The van der Waals surface area contributed by atoms with Crippen LogP contribution in [0.25, 0.3) is 22.2 Å². The number of aromatic nitrogens is 3. The van der Waals surface area contributed by atoms with Gasteiger partial charge in [0.25, 0.3) is 0 Å². The number of anilines is 1. The molecule has 2 aliphatic heterocycles. The van der Waals surface area contributed by atoms with Crippen LogP contribution in [0.3, 0.4) is 0 Å². The molecular weight excluding hydrogens is 672 g/mol. The maximum absolute atomic E-state index is 15.7. The summed E-state index contributed by atoms with van der Waals surface area (Å²) in [6.07, 6.45) is 5.78. The Morgan fingerprint density at radius 3 is 2.62 bits per heavy atom. The predicted octanol–water partition coefficient (Wildman–Crippen LogP) is 5.39. The van der Waals surface area contributed by atoms with Gasteiger partial charge in [-0.2, -0.15) is 5.10 Å². The highest BCUT2D eigenvalue weighted by Crippen LogP contribution is 2.44. The van der Waals surface area contributed by atoms with Crippen molar-refractivity contribution in [3.05, 3.63) is 76.9 Å². The Morgan fingerprint density at radius 1 is 1.11 bits per heavy atom. The first-order chi connectivity index (χ1) is 25.7. The number of nitrogens with zero attached hydrogens (tertiary/aromatic N) is 5. The van der Waals surface area contributed by atoms with Crippen LogP contribution in [0.15, 0.2) is 48.7 Å². The highest BCUT2D eigenvalue weighted by atomic mass is 19.1. The third kappa shape index (κ3) is 7.67. The number of ether oxygens (including phenoxy) is 1. The zero-order valence-electron chi connectivity index (χ0n) is 31.3. The molecule has 12 heteroatoms. The van der Waals surface area contributed by atoms with Crippen molar-refractivity contribution in [3.63, 3.8) is 0 Å². The van der Waals surface area contributed by atoms with Crippen LogP contribution in [-0.2, 0) is 46.9 Å². The molecule has 282 valence electrons. The maximum atomic E-state index is 15.7. The minimum Gasteiger partial charge on any atom is -0.381 e. The van der Waals surface area contributed by atoms with Gasteiger partial charge in [0.1, 0.15) is 11.2 Å². The molecule has 1 atom stereocenters. The van der Waals surface area contributed by atoms with Crippen LogP contribution in [0.1, 0.15) is 75.3 Å². The molecule has 2 saturated heterocycles. The third-order valence-corrected chi connectivity index (χ3v) is 11.4. The maximum Gasteiger partial charge on any atom is 0.238 e. The molecule has 0 radical (unpaired) electrons. The number of fused-ring (bicyclic) bond motifs is 1. The molecular formula is C41H53FN8O3. The summed E-state index contributed by atoms with van der Waals surface area (Å²) in [5, 5.41) is 12.8. The van der Waals surface area contributed by atoms with Crippen molar-refractivity contribution >= 4 is 28.5 Å². The largest absolute Gasteiger partial charge is 0.381 e. The lowest BCUT2D eigenvalue weighted by molar-refractivity contribution is -0.156. The standard InChI is InChI=1S/C41H53FN8O3/c1-4-36-34(37(46-31-12-18-53-19-13-31)33-22-45-50(5-2)38(33)47-36)26-49(40(52)41(39(43)51)14-7-15-41)25-29-10-11-35(42)32(21-29)30-9-6-8-28(20-30)24-48-17-16-44-27(3)23-48/h6,8-11,20-22,27,31,44H,4-5,7,12-19,23-26H2,1-3H3,(H2,43,51)(H,46,47)/t27-/m0/s1. The number of hydrogen-bond acceptors (Lipinski definition) is 8. The van der Waals surface area contributed by atoms with Crippen molar-refractivity contribution in [1.29, 1.82) is 0 Å². The highest BCUT2D eigenvalue weighted by Gasteiger charge is 2.51. The molecule has 2 aromatic carbocycles. The molecule has 4 N–H and O–H groups in total. The number of carbonyl (C=O) groups excluding carboxylic acids is 2. The van der Waals surface area contributed by atoms with Crippen molar-refractivity contribution in [2.24, 2.45) is 11.1 Å². The molecule has 0 bridgehead atoms. The molecule has 53 heavy (non-hydrogen) atoms. The summed E-state index contributed by atoms with van der Waals surface area (Å²) in [7, 11) is 0. The van der Waals surface area contributed by atoms with Crippen molar-refractivity contribution in [2.75, 3.05) is 38.2 Å².